The molecule has 62 valence electrons. The van der Waals surface area contributed by atoms with Crippen LogP contribution in [0.4, 0.5) is 0 Å². The van der Waals surface area contributed by atoms with Crippen molar-refractivity contribution in [2.45, 2.75) is 0 Å². The maximum atomic E-state index is 10.9. The van der Waals surface area contributed by atoms with Crippen molar-refractivity contribution in [3.05, 3.63) is 0 Å². The van der Waals surface area contributed by atoms with Gasteiger partial charge in [-0.05, 0) is 13.3 Å². The van der Waals surface area contributed by atoms with Gasteiger partial charge in [0.05, 0.1) is 10.8 Å². The summed E-state index contributed by atoms with van der Waals surface area (Å²) in [6.45, 7) is 0.545. The molecule has 0 saturated heterocycles. The van der Waals surface area contributed by atoms with Crippen molar-refractivity contribution < 1.29 is 8.42 Å². The van der Waals surface area contributed by atoms with E-state index in [1.165, 1.54) is 11.8 Å². The van der Waals surface area contributed by atoms with Gasteiger partial charge in [-0.25, -0.2) is 8.42 Å². The highest BCUT2D eigenvalue weighted by Gasteiger charge is 2.07. The molecule has 0 aromatic carbocycles. The van der Waals surface area contributed by atoms with Gasteiger partial charge in [-0.2, -0.15) is 0 Å². The lowest BCUT2D eigenvalue weighted by atomic mass is 10.8. The lowest BCUT2D eigenvalue weighted by molar-refractivity contribution is 0.598. The number of sulfone groups is 1. The molecule has 0 rings (SSSR count). The van der Waals surface area contributed by atoms with E-state index in [0.29, 0.717) is 6.54 Å². The summed E-state index contributed by atoms with van der Waals surface area (Å²) < 4.78 is 21.9. The Balaban J connectivity index is 3.65. The van der Waals surface area contributed by atoms with Gasteiger partial charge in [0.1, 0.15) is 0 Å². The molecule has 0 bridgehead atoms. The normalized spacial score (nSPS) is 11.8. The highest BCUT2D eigenvalue weighted by Crippen LogP contribution is 1.99. The zero-order valence-corrected chi connectivity index (χ0v) is 7.89. The standard InChI is InChI=1S/C5H13NO2S2/c1-6-3-4-10(7,8)5-9-2/h6H,3-5H2,1-2H3. The zero-order chi connectivity index (χ0) is 8.04. The molecule has 0 radical (unpaired) electrons. The first kappa shape index (κ1) is 10.3. The van der Waals surface area contributed by atoms with Crippen LogP contribution in [-0.2, 0) is 9.84 Å². The lowest BCUT2D eigenvalue weighted by Crippen LogP contribution is -2.20. The Bertz CT molecular complexity index is 164. The Morgan fingerprint density at radius 3 is 2.50 bits per heavy atom. The molecule has 0 aliphatic carbocycles. The third-order valence-corrected chi connectivity index (χ3v) is 4.17. The minimum absolute atomic E-state index is 0.231. The largest absolute Gasteiger partial charge is 0.319 e. The smallest absolute Gasteiger partial charge is 0.160 e. The van der Waals surface area contributed by atoms with Crippen LogP contribution in [0.1, 0.15) is 0 Å². The first-order valence-corrected chi connectivity index (χ1v) is 6.18. The molecule has 0 aromatic heterocycles. The predicted molar refractivity (Wildman–Crippen MR) is 46.1 cm³/mol. The van der Waals surface area contributed by atoms with E-state index >= 15 is 0 Å². The van der Waals surface area contributed by atoms with Crippen LogP contribution in [0.5, 0.6) is 0 Å². The average molecular weight is 183 g/mol. The second-order valence-corrected chi connectivity index (χ2v) is 5.37. The summed E-state index contributed by atoms with van der Waals surface area (Å²) in [5, 5.41) is 3.02. The van der Waals surface area contributed by atoms with Gasteiger partial charge in [0, 0.05) is 6.54 Å². The van der Waals surface area contributed by atoms with E-state index in [1.807, 2.05) is 0 Å². The molecule has 10 heavy (non-hydrogen) atoms. The fourth-order valence-corrected chi connectivity index (χ4v) is 2.92. The number of hydrogen-bond acceptors (Lipinski definition) is 4. The van der Waals surface area contributed by atoms with Crippen LogP contribution < -0.4 is 5.32 Å². The second-order valence-electron chi connectivity index (χ2n) is 1.96. The number of nitrogens with one attached hydrogen (secondary N) is 1. The molecule has 1 N–H and O–H groups in total. The average Bonchev–Trinajstić information content (AvgIpc) is 1.84. The molecule has 5 heteroatoms. The topological polar surface area (TPSA) is 46.2 Å². The van der Waals surface area contributed by atoms with Crippen molar-refractivity contribution in [1.29, 1.82) is 0 Å². The first-order valence-electron chi connectivity index (χ1n) is 2.96. The maximum absolute atomic E-state index is 10.9. The Morgan fingerprint density at radius 2 is 2.10 bits per heavy atom. The molecule has 0 aromatic rings. The Hall–Kier alpha value is 0.260. The van der Waals surface area contributed by atoms with E-state index in [1.54, 1.807) is 13.3 Å². The van der Waals surface area contributed by atoms with Crippen LogP contribution in [0.3, 0.4) is 0 Å². The Morgan fingerprint density at radius 1 is 1.50 bits per heavy atom. The number of rotatable bonds is 5. The van der Waals surface area contributed by atoms with Crippen LogP contribution in [0.2, 0.25) is 0 Å². The van der Waals surface area contributed by atoms with Crippen LogP contribution in [0, 0.1) is 0 Å². The molecule has 0 spiro atoms. The highest BCUT2D eigenvalue weighted by atomic mass is 32.3. The van der Waals surface area contributed by atoms with Crippen molar-refractivity contribution in [1.82, 2.24) is 5.32 Å². The second kappa shape index (κ2) is 4.98. The monoisotopic (exact) mass is 183 g/mol. The van der Waals surface area contributed by atoms with Crippen molar-refractivity contribution in [2.75, 3.05) is 30.7 Å². The summed E-state index contributed by atoms with van der Waals surface area (Å²) in [7, 11) is -1.05. The summed E-state index contributed by atoms with van der Waals surface area (Å²) in [5.74, 6) is 0.240. The summed E-state index contributed by atoms with van der Waals surface area (Å²) >= 11 is 1.34. The first-order chi connectivity index (χ1) is 4.62. The summed E-state index contributed by atoms with van der Waals surface area (Å²) in [5.41, 5.74) is 0. The van der Waals surface area contributed by atoms with Gasteiger partial charge < -0.3 is 5.32 Å². The van der Waals surface area contributed by atoms with E-state index < -0.39 is 9.84 Å². The third kappa shape index (κ3) is 5.08. The van der Waals surface area contributed by atoms with E-state index in [0.717, 1.165) is 0 Å². The molecule has 0 amide bonds. The van der Waals surface area contributed by atoms with Crippen LogP contribution in [0.15, 0.2) is 0 Å². The van der Waals surface area contributed by atoms with Gasteiger partial charge in [0.2, 0.25) is 0 Å². The predicted octanol–water partition coefficient (Wildman–Crippen LogP) is -0.0589. The maximum Gasteiger partial charge on any atom is 0.160 e. The number of hydrogen-bond donors (Lipinski definition) is 1. The van der Waals surface area contributed by atoms with Gasteiger partial charge >= 0.3 is 0 Å². The summed E-state index contributed by atoms with van der Waals surface area (Å²) in [6.07, 6.45) is 1.79. The van der Waals surface area contributed by atoms with E-state index in [4.69, 9.17) is 0 Å². The molecule has 0 aliphatic rings. The quantitative estimate of drug-likeness (QED) is 0.649. The molecule has 0 saturated carbocycles. The molecule has 0 heterocycles. The van der Waals surface area contributed by atoms with Crippen LogP contribution >= 0.6 is 11.8 Å². The number of thioether (sulfide) groups is 1. The summed E-state index contributed by atoms with van der Waals surface area (Å²) in [4.78, 5) is 0. The summed E-state index contributed by atoms with van der Waals surface area (Å²) in [6, 6.07) is 0. The molecule has 0 unspecified atom stereocenters. The van der Waals surface area contributed by atoms with Gasteiger partial charge in [-0.1, -0.05) is 0 Å². The van der Waals surface area contributed by atoms with E-state index in [2.05, 4.69) is 5.32 Å². The van der Waals surface area contributed by atoms with Gasteiger partial charge in [-0.3, -0.25) is 0 Å². The molecule has 0 fully saturated rings. The van der Waals surface area contributed by atoms with E-state index in [-0.39, 0.29) is 10.8 Å². The van der Waals surface area contributed by atoms with Gasteiger partial charge in [0.25, 0.3) is 0 Å². The highest BCUT2D eigenvalue weighted by molar-refractivity contribution is 8.12. The SMILES string of the molecule is CNCCS(=O)(=O)CSC. The lowest BCUT2D eigenvalue weighted by Gasteiger charge is -1.99. The Kier molecular flexibility index (Phi) is 5.11. The molecule has 0 atom stereocenters. The third-order valence-electron chi connectivity index (χ3n) is 0.960. The minimum atomic E-state index is -2.79. The zero-order valence-electron chi connectivity index (χ0n) is 6.25. The molecular formula is C5H13NO2S2. The van der Waals surface area contributed by atoms with Crippen molar-refractivity contribution in [3.63, 3.8) is 0 Å². The fourth-order valence-electron chi connectivity index (χ4n) is 0.496. The van der Waals surface area contributed by atoms with Crippen LogP contribution in [0.25, 0.3) is 0 Å². The van der Waals surface area contributed by atoms with Crippen molar-refractivity contribution >= 4 is 21.6 Å². The molecular weight excluding hydrogens is 170 g/mol. The molecule has 3 nitrogen and oxygen atoms in total. The van der Waals surface area contributed by atoms with Gasteiger partial charge in [0.15, 0.2) is 9.84 Å². The van der Waals surface area contributed by atoms with Crippen LogP contribution in [-0.4, -0.2) is 39.1 Å². The van der Waals surface area contributed by atoms with Crippen molar-refractivity contribution in [2.24, 2.45) is 0 Å². The van der Waals surface area contributed by atoms with Gasteiger partial charge in [-0.15, -0.1) is 11.8 Å². The fraction of sp³-hybridized carbons (Fsp3) is 1.00. The van der Waals surface area contributed by atoms with Crippen molar-refractivity contribution in [3.8, 4) is 0 Å². The Labute approximate surface area is 66.5 Å². The van der Waals surface area contributed by atoms with E-state index in [9.17, 15) is 8.42 Å². The minimum Gasteiger partial charge on any atom is -0.319 e. The molecule has 0 aliphatic heterocycles.